The SMILES string of the molecule is CCCc1nc2ccc(Br)cc2c(=O)n1N=Cc1cc(Br)c(OCC(=O)Nc2ccc(C)cc2)c(Br)c1. The van der Waals surface area contributed by atoms with E-state index < -0.39 is 0 Å². The van der Waals surface area contributed by atoms with Crippen LogP contribution in [0, 0.1) is 6.92 Å². The Morgan fingerprint density at radius 2 is 1.78 bits per heavy atom. The van der Waals surface area contributed by atoms with Gasteiger partial charge in [-0.2, -0.15) is 9.78 Å². The molecule has 0 saturated carbocycles. The molecular formula is C27H23Br3N4O3. The lowest BCUT2D eigenvalue weighted by Crippen LogP contribution is -2.22. The number of fused-ring (bicyclic) bond motifs is 1. The maximum absolute atomic E-state index is 13.2. The van der Waals surface area contributed by atoms with E-state index in [2.05, 4.69) is 63.2 Å². The molecule has 7 nitrogen and oxygen atoms in total. The van der Waals surface area contributed by atoms with E-state index in [0.29, 0.717) is 43.5 Å². The molecule has 0 aliphatic rings. The summed E-state index contributed by atoms with van der Waals surface area (Å²) < 4.78 is 9.16. The van der Waals surface area contributed by atoms with Gasteiger partial charge in [-0.3, -0.25) is 9.59 Å². The van der Waals surface area contributed by atoms with Gasteiger partial charge in [0.25, 0.3) is 11.5 Å². The van der Waals surface area contributed by atoms with Crippen LogP contribution in [0.5, 0.6) is 5.75 Å². The fraction of sp³-hybridized carbons (Fsp3) is 0.185. The Hall–Kier alpha value is -2.82. The number of halogens is 3. The molecule has 0 aliphatic heterocycles. The highest BCUT2D eigenvalue weighted by atomic mass is 79.9. The number of aryl methyl sites for hydroxylation is 2. The number of hydrogen-bond acceptors (Lipinski definition) is 5. The number of amides is 1. The van der Waals surface area contributed by atoms with Gasteiger partial charge in [0.05, 0.1) is 26.1 Å². The van der Waals surface area contributed by atoms with Gasteiger partial charge in [-0.05, 0) is 93.2 Å². The molecule has 190 valence electrons. The molecule has 3 aromatic carbocycles. The lowest BCUT2D eigenvalue weighted by molar-refractivity contribution is -0.118. The molecule has 0 unspecified atom stereocenters. The molecule has 10 heteroatoms. The van der Waals surface area contributed by atoms with Crippen molar-refractivity contribution in [3.8, 4) is 5.75 Å². The zero-order chi connectivity index (χ0) is 26.5. The van der Waals surface area contributed by atoms with Gasteiger partial charge in [-0.1, -0.05) is 40.5 Å². The van der Waals surface area contributed by atoms with E-state index in [4.69, 9.17) is 4.74 Å². The predicted molar refractivity (Wildman–Crippen MR) is 158 cm³/mol. The van der Waals surface area contributed by atoms with Crippen LogP contribution in [-0.2, 0) is 11.2 Å². The second kappa shape index (κ2) is 12.1. The predicted octanol–water partition coefficient (Wildman–Crippen LogP) is 6.84. The molecule has 1 N–H and O–H groups in total. The van der Waals surface area contributed by atoms with Gasteiger partial charge in [0.1, 0.15) is 11.6 Å². The summed E-state index contributed by atoms with van der Waals surface area (Å²) in [6, 6.07) is 16.6. The summed E-state index contributed by atoms with van der Waals surface area (Å²) in [5.74, 6) is 0.806. The van der Waals surface area contributed by atoms with Crippen LogP contribution in [0.4, 0.5) is 5.69 Å². The van der Waals surface area contributed by atoms with Gasteiger partial charge in [0, 0.05) is 16.6 Å². The summed E-state index contributed by atoms with van der Waals surface area (Å²) in [7, 11) is 0. The number of rotatable bonds is 8. The quantitative estimate of drug-likeness (QED) is 0.205. The number of ether oxygens (including phenoxy) is 1. The Labute approximate surface area is 239 Å². The Bertz CT molecular complexity index is 1530. The summed E-state index contributed by atoms with van der Waals surface area (Å²) in [4.78, 5) is 30.2. The first-order chi connectivity index (χ1) is 17.7. The van der Waals surface area contributed by atoms with E-state index in [0.717, 1.165) is 22.0 Å². The van der Waals surface area contributed by atoms with E-state index in [-0.39, 0.29) is 18.1 Å². The number of carbonyl (C=O) groups excluding carboxylic acids is 1. The van der Waals surface area contributed by atoms with Crippen LogP contribution in [-0.4, -0.2) is 28.4 Å². The van der Waals surface area contributed by atoms with Crippen molar-refractivity contribution in [2.75, 3.05) is 11.9 Å². The van der Waals surface area contributed by atoms with Gasteiger partial charge in [-0.15, -0.1) is 0 Å². The summed E-state index contributed by atoms with van der Waals surface area (Å²) in [5.41, 5.74) is 2.95. The third-order valence-electron chi connectivity index (χ3n) is 5.37. The van der Waals surface area contributed by atoms with E-state index in [1.54, 1.807) is 24.4 Å². The first kappa shape index (κ1) is 27.2. The van der Waals surface area contributed by atoms with E-state index in [1.807, 2.05) is 50.2 Å². The molecule has 4 aromatic rings. The highest BCUT2D eigenvalue weighted by molar-refractivity contribution is 9.11. The molecule has 0 atom stereocenters. The molecule has 0 bridgehead atoms. The summed E-state index contributed by atoms with van der Waals surface area (Å²) in [5, 5.41) is 7.76. The third-order valence-corrected chi connectivity index (χ3v) is 7.05. The third kappa shape index (κ3) is 6.74. The fourth-order valence-electron chi connectivity index (χ4n) is 3.59. The Morgan fingerprint density at radius 3 is 2.46 bits per heavy atom. The molecule has 0 aliphatic carbocycles. The lowest BCUT2D eigenvalue weighted by Gasteiger charge is -2.12. The maximum atomic E-state index is 13.2. The Morgan fingerprint density at radius 1 is 1.08 bits per heavy atom. The van der Waals surface area contributed by atoms with Crippen LogP contribution in [0.2, 0.25) is 0 Å². The average Bonchev–Trinajstić information content (AvgIpc) is 2.85. The molecular weight excluding hydrogens is 668 g/mol. The van der Waals surface area contributed by atoms with Crippen molar-refractivity contribution >= 4 is 76.5 Å². The van der Waals surface area contributed by atoms with Crippen molar-refractivity contribution in [3.63, 3.8) is 0 Å². The standard InChI is InChI=1S/C27H23Br3N4O3/c1-3-4-24-33-23-10-7-18(28)13-20(23)27(36)34(24)31-14-17-11-21(29)26(22(30)12-17)37-15-25(35)32-19-8-5-16(2)6-9-19/h5-14H,3-4,15H2,1-2H3,(H,32,35). The van der Waals surface area contributed by atoms with Gasteiger partial charge in [0.15, 0.2) is 6.61 Å². The molecule has 1 aromatic heterocycles. The van der Waals surface area contributed by atoms with Crippen LogP contribution < -0.4 is 15.6 Å². The number of carbonyl (C=O) groups is 1. The molecule has 4 rings (SSSR count). The summed E-state index contributed by atoms with van der Waals surface area (Å²) in [6.45, 7) is 3.85. The number of nitrogens with zero attached hydrogens (tertiary/aromatic N) is 3. The zero-order valence-electron chi connectivity index (χ0n) is 20.1. The van der Waals surface area contributed by atoms with Gasteiger partial charge < -0.3 is 10.1 Å². The maximum Gasteiger partial charge on any atom is 0.282 e. The highest BCUT2D eigenvalue weighted by Gasteiger charge is 2.13. The minimum Gasteiger partial charge on any atom is -0.481 e. The van der Waals surface area contributed by atoms with Crippen LogP contribution in [0.25, 0.3) is 10.9 Å². The van der Waals surface area contributed by atoms with Gasteiger partial charge >= 0.3 is 0 Å². The second-order valence-electron chi connectivity index (χ2n) is 8.32. The Kier molecular flexibility index (Phi) is 8.94. The first-order valence-corrected chi connectivity index (χ1v) is 13.9. The molecule has 1 heterocycles. The molecule has 0 fully saturated rings. The summed E-state index contributed by atoms with van der Waals surface area (Å²) in [6.07, 6.45) is 3.03. The largest absolute Gasteiger partial charge is 0.481 e. The molecule has 0 spiro atoms. The number of nitrogens with one attached hydrogen (secondary N) is 1. The van der Waals surface area contributed by atoms with Crippen LogP contribution in [0.3, 0.4) is 0 Å². The highest BCUT2D eigenvalue weighted by Crippen LogP contribution is 2.34. The number of anilines is 1. The van der Waals surface area contributed by atoms with Crippen molar-refractivity contribution in [3.05, 3.63) is 95.3 Å². The second-order valence-corrected chi connectivity index (χ2v) is 10.9. The van der Waals surface area contributed by atoms with Crippen LogP contribution in [0.15, 0.2) is 77.9 Å². The Balaban J connectivity index is 1.54. The lowest BCUT2D eigenvalue weighted by atomic mass is 10.2. The number of hydrogen-bond donors (Lipinski definition) is 1. The molecule has 37 heavy (non-hydrogen) atoms. The van der Waals surface area contributed by atoms with Crippen molar-refractivity contribution in [2.24, 2.45) is 5.10 Å². The van der Waals surface area contributed by atoms with Crippen molar-refractivity contribution < 1.29 is 9.53 Å². The number of aromatic nitrogens is 2. The summed E-state index contributed by atoms with van der Waals surface area (Å²) >= 11 is 10.4. The van der Waals surface area contributed by atoms with E-state index in [1.165, 1.54) is 4.68 Å². The minimum atomic E-state index is -0.272. The fourth-order valence-corrected chi connectivity index (χ4v) is 5.40. The zero-order valence-corrected chi connectivity index (χ0v) is 24.9. The van der Waals surface area contributed by atoms with Crippen LogP contribution in [0.1, 0.15) is 30.3 Å². The van der Waals surface area contributed by atoms with Crippen molar-refractivity contribution in [2.45, 2.75) is 26.7 Å². The van der Waals surface area contributed by atoms with E-state index >= 15 is 0 Å². The van der Waals surface area contributed by atoms with Crippen LogP contribution >= 0.6 is 47.8 Å². The van der Waals surface area contributed by atoms with Gasteiger partial charge in [-0.25, -0.2) is 4.98 Å². The van der Waals surface area contributed by atoms with Crippen molar-refractivity contribution in [1.29, 1.82) is 0 Å². The normalized spacial score (nSPS) is 11.3. The molecule has 0 saturated heterocycles. The number of benzene rings is 3. The minimum absolute atomic E-state index is 0.160. The van der Waals surface area contributed by atoms with E-state index in [9.17, 15) is 9.59 Å². The monoisotopic (exact) mass is 688 g/mol. The molecule has 0 radical (unpaired) electrons. The van der Waals surface area contributed by atoms with Gasteiger partial charge in [0.2, 0.25) is 0 Å². The smallest absolute Gasteiger partial charge is 0.282 e. The van der Waals surface area contributed by atoms with Crippen molar-refractivity contribution in [1.82, 2.24) is 9.66 Å². The topological polar surface area (TPSA) is 85.6 Å². The average molecular weight is 691 g/mol. The first-order valence-electron chi connectivity index (χ1n) is 11.5. The molecule has 1 amide bonds.